The summed E-state index contributed by atoms with van der Waals surface area (Å²) in [7, 11) is -4.70. The van der Waals surface area contributed by atoms with Crippen LogP contribution in [0.2, 0.25) is 0 Å². The van der Waals surface area contributed by atoms with Crippen molar-refractivity contribution in [3.05, 3.63) is 0 Å². The molecular weight excluding hydrogens is 415 g/mol. The minimum Gasteiger partial charge on any atom is -0.396 e. The summed E-state index contributed by atoms with van der Waals surface area (Å²) in [6.45, 7) is 11.4. The van der Waals surface area contributed by atoms with Crippen LogP contribution in [0.15, 0.2) is 0 Å². The molecule has 0 aromatic carbocycles. The Morgan fingerprint density at radius 1 is 1.10 bits per heavy atom. The molecule has 1 aliphatic heterocycles. The first-order chi connectivity index (χ1) is 13.9. The van der Waals surface area contributed by atoms with E-state index >= 15 is 0 Å². The van der Waals surface area contributed by atoms with E-state index in [1.165, 1.54) is 0 Å². The lowest BCUT2D eigenvalue weighted by Crippen LogP contribution is -2.35. The van der Waals surface area contributed by atoms with Crippen molar-refractivity contribution in [2.45, 2.75) is 91.0 Å². The lowest BCUT2D eigenvalue weighted by Gasteiger charge is -2.27. The Kier molecular flexibility index (Phi) is 9.31. The molecule has 9 nitrogen and oxygen atoms in total. The Morgan fingerprint density at radius 3 is 2.33 bits per heavy atom. The first-order valence-electron chi connectivity index (χ1n) is 10.7. The van der Waals surface area contributed by atoms with Crippen LogP contribution >= 0.6 is 7.82 Å². The van der Waals surface area contributed by atoms with Gasteiger partial charge in [0.2, 0.25) is 0 Å². The number of rotatable bonds is 10. The van der Waals surface area contributed by atoms with E-state index in [-0.39, 0.29) is 49.3 Å². The summed E-state index contributed by atoms with van der Waals surface area (Å²) >= 11 is 0. The number of hydrogen-bond acceptors (Lipinski definition) is 8. The van der Waals surface area contributed by atoms with E-state index in [9.17, 15) is 19.4 Å². The van der Waals surface area contributed by atoms with Gasteiger partial charge in [-0.05, 0) is 52.9 Å². The first kappa shape index (κ1) is 25.7. The highest BCUT2D eigenvalue weighted by atomic mass is 31.2. The highest BCUT2D eigenvalue weighted by Gasteiger charge is 2.48. The van der Waals surface area contributed by atoms with Crippen molar-refractivity contribution in [3.8, 4) is 0 Å². The van der Waals surface area contributed by atoms with E-state index in [2.05, 4.69) is 0 Å². The van der Waals surface area contributed by atoms with Gasteiger partial charge in [0.15, 0.2) is 6.10 Å². The summed E-state index contributed by atoms with van der Waals surface area (Å²) in [5.74, 6) is -1.33. The summed E-state index contributed by atoms with van der Waals surface area (Å²) in [5.41, 5.74) is 0. The molecule has 1 aliphatic carbocycles. The van der Waals surface area contributed by atoms with Crippen LogP contribution in [0, 0.1) is 17.8 Å². The molecule has 1 heterocycles. The number of aliphatic hydroxyl groups is 1. The fraction of sp³-hybridized carbons (Fsp3) is 0.950. The molecular formula is C20H37O9P. The highest BCUT2D eigenvalue weighted by molar-refractivity contribution is 7.48. The summed E-state index contributed by atoms with van der Waals surface area (Å²) in [4.78, 5) is 22.8. The number of carbonyl (C=O) groups is 1. The van der Waals surface area contributed by atoms with Crippen LogP contribution in [0.3, 0.4) is 0 Å². The first-order valence-corrected chi connectivity index (χ1v) is 12.2. The van der Waals surface area contributed by atoms with Gasteiger partial charge in [-0.3, -0.25) is 9.42 Å². The van der Waals surface area contributed by atoms with Crippen LogP contribution in [0.1, 0.15) is 54.4 Å². The predicted octanol–water partition coefficient (Wildman–Crippen LogP) is 2.68. The molecule has 0 radical (unpaired) electrons. The average molecular weight is 452 g/mol. The van der Waals surface area contributed by atoms with Gasteiger partial charge in [0.05, 0.1) is 37.1 Å². The van der Waals surface area contributed by atoms with Gasteiger partial charge >= 0.3 is 13.8 Å². The van der Waals surface area contributed by atoms with E-state index in [0.717, 1.165) is 0 Å². The predicted molar refractivity (Wildman–Crippen MR) is 109 cm³/mol. The molecule has 1 saturated carbocycles. The molecule has 8 atom stereocenters. The van der Waals surface area contributed by atoms with Gasteiger partial charge in [0, 0.05) is 18.9 Å². The lowest BCUT2D eigenvalue weighted by atomic mass is 9.91. The van der Waals surface area contributed by atoms with Crippen molar-refractivity contribution < 1.29 is 42.6 Å². The van der Waals surface area contributed by atoms with Crippen LogP contribution < -0.4 is 0 Å². The Morgan fingerprint density at radius 2 is 1.77 bits per heavy atom. The molecule has 0 spiro atoms. The van der Waals surface area contributed by atoms with Gasteiger partial charge in [-0.25, -0.2) is 9.36 Å². The Labute approximate surface area is 179 Å². The lowest BCUT2D eigenvalue weighted by molar-refractivity contribution is -0.155. The zero-order valence-electron chi connectivity index (χ0n) is 18.7. The molecule has 30 heavy (non-hydrogen) atoms. The van der Waals surface area contributed by atoms with E-state index in [1.54, 1.807) is 6.92 Å². The SMILES string of the molecule is CC(C)OC[C@H]1C(CO)[C@@H](C)C[C@H]1OP(=O)(O)OC(=O)[C@H]1O[C@@H](C)C[C@H]1OC(C)C. The third kappa shape index (κ3) is 6.99. The summed E-state index contributed by atoms with van der Waals surface area (Å²) in [5, 5.41) is 9.74. The third-order valence-electron chi connectivity index (χ3n) is 5.63. The Hall–Kier alpha value is -0.540. The topological polar surface area (TPSA) is 121 Å². The second kappa shape index (κ2) is 10.9. The quantitative estimate of drug-likeness (QED) is 0.482. The molecule has 1 saturated heterocycles. The summed E-state index contributed by atoms with van der Waals surface area (Å²) < 4.78 is 39.8. The number of phosphoric acid groups is 1. The molecule has 2 aliphatic rings. The third-order valence-corrected chi connectivity index (χ3v) is 6.58. The standard InChI is InChI=1S/C20H37O9P/c1-11(2)25-10-16-15(9-21)13(5)7-17(16)28-30(23,24)29-20(22)19-18(26-12(3)4)8-14(6)27-19/h11-19,21H,7-10H2,1-6H3,(H,23,24)/t13-,14-,15?,16-,17+,18+,19-/m0/s1. The van der Waals surface area contributed by atoms with E-state index < -0.39 is 32.1 Å². The van der Waals surface area contributed by atoms with Gasteiger partial charge in [0.25, 0.3) is 0 Å². The highest BCUT2D eigenvalue weighted by Crippen LogP contribution is 2.51. The monoisotopic (exact) mass is 452 g/mol. The second-order valence-corrected chi connectivity index (χ2v) is 10.3. The number of phosphoric ester groups is 1. The number of aliphatic hydroxyl groups excluding tert-OH is 1. The van der Waals surface area contributed by atoms with Crippen molar-refractivity contribution >= 4 is 13.8 Å². The molecule has 2 rings (SSSR count). The fourth-order valence-electron chi connectivity index (χ4n) is 4.27. The van der Waals surface area contributed by atoms with Gasteiger partial charge in [-0.2, -0.15) is 0 Å². The summed E-state index contributed by atoms with van der Waals surface area (Å²) in [6, 6.07) is 0. The van der Waals surface area contributed by atoms with Gasteiger partial charge in [-0.15, -0.1) is 0 Å². The van der Waals surface area contributed by atoms with Crippen LogP contribution in [0.5, 0.6) is 0 Å². The zero-order valence-corrected chi connectivity index (χ0v) is 19.6. The molecule has 0 amide bonds. The maximum atomic E-state index is 12.6. The summed E-state index contributed by atoms with van der Waals surface area (Å²) in [6.07, 6.45) is -1.76. The molecule has 176 valence electrons. The van der Waals surface area contributed by atoms with Crippen LogP contribution in [0.4, 0.5) is 0 Å². The van der Waals surface area contributed by atoms with Crippen molar-refractivity contribution in [2.75, 3.05) is 13.2 Å². The molecule has 0 bridgehead atoms. The molecule has 10 heteroatoms. The molecule has 2 unspecified atom stereocenters. The van der Waals surface area contributed by atoms with Gasteiger partial charge in [0.1, 0.15) is 0 Å². The number of ether oxygens (including phenoxy) is 3. The van der Waals surface area contributed by atoms with Crippen molar-refractivity contribution in [2.24, 2.45) is 17.8 Å². The normalized spacial score (nSPS) is 36.4. The Balaban J connectivity index is 2.03. The van der Waals surface area contributed by atoms with Gasteiger partial charge < -0.3 is 23.8 Å². The maximum absolute atomic E-state index is 12.6. The maximum Gasteiger partial charge on any atom is 0.529 e. The minimum absolute atomic E-state index is 0.0287. The van der Waals surface area contributed by atoms with Crippen LogP contribution in [-0.2, 0) is 32.6 Å². The minimum atomic E-state index is -4.70. The Bertz CT molecular complexity index is 611. The molecule has 0 aromatic heterocycles. The second-order valence-electron chi connectivity index (χ2n) is 8.95. The van der Waals surface area contributed by atoms with E-state index in [1.807, 2.05) is 34.6 Å². The molecule has 2 N–H and O–H groups in total. The van der Waals surface area contributed by atoms with Crippen molar-refractivity contribution in [3.63, 3.8) is 0 Å². The van der Waals surface area contributed by atoms with E-state index in [0.29, 0.717) is 12.8 Å². The largest absolute Gasteiger partial charge is 0.529 e. The van der Waals surface area contributed by atoms with Crippen LogP contribution in [-0.4, -0.2) is 65.8 Å². The molecule has 0 aromatic rings. The van der Waals surface area contributed by atoms with Gasteiger partial charge in [-0.1, -0.05) is 6.92 Å². The van der Waals surface area contributed by atoms with Crippen molar-refractivity contribution in [1.82, 2.24) is 0 Å². The number of hydrogen-bond donors (Lipinski definition) is 2. The molecule has 2 fully saturated rings. The van der Waals surface area contributed by atoms with Crippen molar-refractivity contribution in [1.29, 1.82) is 0 Å². The van der Waals surface area contributed by atoms with Crippen LogP contribution in [0.25, 0.3) is 0 Å². The zero-order chi connectivity index (χ0) is 22.6. The average Bonchev–Trinajstić information content (AvgIpc) is 3.10. The van der Waals surface area contributed by atoms with E-state index in [4.69, 9.17) is 23.3 Å². The smallest absolute Gasteiger partial charge is 0.396 e. The fourth-order valence-corrected chi connectivity index (χ4v) is 5.23. The number of carbonyl (C=O) groups excluding carboxylic acids is 1.